The third-order valence-corrected chi connectivity index (χ3v) is 10.8. The number of rotatable bonds is 12. The van der Waals surface area contributed by atoms with Crippen molar-refractivity contribution in [3.8, 4) is 34.3 Å². The van der Waals surface area contributed by atoms with Gasteiger partial charge in [0.05, 0.1) is 23.0 Å². The first kappa shape index (κ1) is 47.2. The molecule has 0 aliphatic carbocycles. The molecule has 0 spiro atoms. The Kier molecular flexibility index (Phi) is 15.2. The molecule has 0 radical (unpaired) electrons. The van der Waals surface area contributed by atoms with Crippen LogP contribution >= 0.6 is 0 Å². The summed E-state index contributed by atoms with van der Waals surface area (Å²) in [6.07, 6.45) is 0.0272. The molecule has 5 rings (SSSR count). The number of fused-ring (bicyclic) bond motifs is 5. The number of aryl methyl sites for hydroxylation is 2. The fourth-order valence-electron chi connectivity index (χ4n) is 7.41. The highest BCUT2D eigenvalue weighted by molar-refractivity contribution is 6.00. The number of amides is 5. The minimum absolute atomic E-state index is 0.00656. The van der Waals surface area contributed by atoms with Crippen molar-refractivity contribution in [1.82, 2.24) is 36.1 Å². The molecule has 1 aliphatic rings. The van der Waals surface area contributed by atoms with Gasteiger partial charge in [0.25, 0.3) is 5.91 Å². The lowest BCUT2D eigenvalue weighted by Crippen LogP contribution is -2.56. The van der Waals surface area contributed by atoms with E-state index in [0.717, 1.165) is 11.1 Å². The Hall–Kier alpha value is -6.90. The van der Waals surface area contributed by atoms with Crippen LogP contribution in [0, 0.1) is 25.2 Å². The van der Waals surface area contributed by atoms with Crippen LogP contribution in [-0.4, -0.2) is 95.8 Å². The molecule has 63 heavy (non-hydrogen) atoms. The van der Waals surface area contributed by atoms with Gasteiger partial charge in [0.15, 0.2) is 5.82 Å². The average molecular weight is 860 g/mol. The number of carbonyl (C=O) groups excluding carboxylic acids is 5. The second-order valence-electron chi connectivity index (χ2n) is 16.6. The van der Waals surface area contributed by atoms with E-state index in [0.29, 0.717) is 50.9 Å². The molecule has 4 aromatic rings. The smallest absolute Gasteiger partial charge is 0.255 e. The average Bonchev–Trinajstić information content (AvgIpc) is 3.24. The fourth-order valence-corrected chi connectivity index (χ4v) is 7.41. The lowest BCUT2D eigenvalue weighted by atomic mass is 9.86. The third kappa shape index (κ3) is 11.1. The van der Waals surface area contributed by atoms with Gasteiger partial charge in [-0.25, -0.2) is 9.97 Å². The largest absolute Gasteiger partial charge is 0.492 e. The molecule has 0 saturated heterocycles. The number of hydrogen-bond donors (Lipinski definition) is 7. The number of hydrogen-bond acceptors (Lipinski definition) is 12. The summed E-state index contributed by atoms with van der Waals surface area (Å²) in [4.78, 5) is 80.5. The SMILES string of the molecule is Cc1nc(-c2ccc(C(C)(C)C)cc2)nc(C)c1C(=O)N[C@@H](CCN)C(=O)N(C)[C@@H]1C(=O)N[C@@H](C)C(=O)N[C@H](C(=O)NCC#N)Cc2ccc(N)c(c2)-c2cc1ccc2OCCN. The molecule has 0 saturated carbocycles. The van der Waals surface area contributed by atoms with Crippen LogP contribution in [0.25, 0.3) is 22.5 Å². The lowest BCUT2D eigenvalue weighted by Gasteiger charge is -2.32. The van der Waals surface area contributed by atoms with Crippen molar-refractivity contribution < 1.29 is 28.7 Å². The van der Waals surface area contributed by atoms with Crippen molar-refractivity contribution in [2.24, 2.45) is 11.5 Å². The van der Waals surface area contributed by atoms with E-state index in [4.69, 9.17) is 27.2 Å². The summed E-state index contributed by atoms with van der Waals surface area (Å²) in [5.74, 6) is -2.48. The number of benzene rings is 3. The molecular weight excluding hydrogens is 803 g/mol. The molecule has 1 aromatic heterocycles. The molecule has 1 aliphatic heterocycles. The second-order valence-corrected chi connectivity index (χ2v) is 16.6. The van der Waals surface area contributed by atoms with Crippen LogP contribution in [0.5, 0.6) is 5.75 Å². The van der Waals surface area contributed by atoms with E-state index >= 15 is 0 Å². The number of aromatic nitrogens is 2. The van der Waals surface area contributed by atoms with E-state index in [-0.39, 0.29) is 50.1 Å². The highest BCUT2D eigenvalue weighted by Crippen LogP contribution is 2.38. The highest BCUT2D eigenvalue weighted by atomic mass is 16.5. The summed E-state index contributed by atoms with van der Waals surface area (Å²) in [5.41, 5.74) is 23.5. The molecule has 3 aromatic carbocycles. The van der Waals surface area contributed by atoms with Crippen molar-refractivity contribution in [3.63, 3.8) is 0 Å². The standard InChI is InChI=1S/C46H57N11O6/c1-25-38(26(2)53-40(52-25)29-9-12-31(13-10-29)46(4,5)6)43(60)55-35(16-17-47)45(62)57(7)39-30-11-15-37(63-21-19-49)33(24-30)32-22-28(8-14-34(32)50)23-36(42(59)51-20-18-48)56-41(58)27(3)54-44(39)61/h8-15,22,24,27,35-36,39H,16-17,19-21,23,47,49-50H2,1-7H3,(H,51,59)(H,54,61)(H,55,60)(H,56,58)/t27-,35-,36-,39-/m0/s1. The number of anilines is 1. The summed E-state index contributed by atoms with van der Waals surface area (Å²) in [5, 5.41) is 19.8. The van der Waals surface area contributed by atoms with E-state index in [9.17, 15) is 24.0 Å². The van der Waals surface area contributed by atoms with Crippen LogP contribution in [0.15, 0.2) is 60.7 Å². The Morgan fingerprint density at radius 1 is 0.952 bits per heavy atom. The van der Waals surface area contributed by atoms with Crippen molar-refractivity contribution in [2.75, 3.05) is 39.0 Å². The molecule has 5 amide bonds. The Morgan fingerprint density at radius 3 is 2.25 bits per heavy atom. The van der Waals surface area contributed by atoms with E-state index in [1.807, 2.05) is 30.3 Å². The molecule has 17 heteroatoms. The minimum atomic E-state index is -1.38. The minimum Gasteiger partial charge on any atom is -0.492 e. The van der Waals surface area contributed by atoms with Gasteiger partial charge in [-0.15, -0.1) is 0 Å². The zero-order valence-electron chi connectivity index (χ0n) is 36.8. The number of nitrogen functional groups attached to an aromatic ring is 1. The van der Waals surface area contributed by atoms with Gasteiger partial charge in [0.1, 0.15) is 43.1 Å². The van der Waals surface area contributed by atoms with E-state index in [1.165, 1.54) is 18.9 Å². The van der Waals surface area contributed by atoms with Crippen molar-refractivity contribution >= 4 is 35.2 Å². The Balaban J connectivity index is 1.53. The predicted molar refractivity (Wildman–Crippen MR) is 239 cm³/mol. The van der Waals surface area contributed by atoms with Gasteiger partial charge in [0.2, 0.25) is 23.6 Å². The molecule has 332 valence electrons. The molecule has 0 unspecified atom stereocenters. The quantitative estimate of drug-likeness (QED) is 0.0800. The topological polar surface area (TPSA) is 274 Å². The first-order valence-electron chi connectivity index (χ1n) is 20.7. The summed E-state index contributed by atoms with van der Waals surface area (Å²) in [7, 11) is 1.42. The zero-order chi connectivity index (χ0) is 46.2. The van der Waals surface area contributed by atoms with E-state index in [2.05, 4.69) is 52.0 Å². The van der Waals surface area contributed by atoms with Gasteiger partial charge >= 0.3 is 0 Å². The van der Waals surface area contributed by atoms with Gasteiger partial charge in [-0.05, 0) is 80.1 Å². The van der Waals surface area contributed by atoms with Gasteiger partial charge in [-0.1, -0.05) is 57.2 Å². The number of ether oxygens (including phenoxy) is 1. The normalized spacial score (nSPS) is 16.9. The Morgan fingerprint density at radius 2 is 1.63 bits per heavy atom. The van der Waals surface area contributed by atoms with Crippen LogP contribution in [0.4, 0.5) is 5.69 Å². The number of nitrogens with one attached hydrogen (secondary N) is 4. The van der Waals surface area contributed by atoms with E-state index < -0.39 is 53.7 Å². The number of carbonyl (C=O) groups is 5. The number of nitrogens with two attached hydrogens (primary N) is 3. The number of nitrogens with zero attached hydrogens (tertiary/aromatic N) is 4. The van der Waals surface area contributed by atoms with Crippen LogP contribution in [-0.2, 0) is 31.0 Å². The first-order chi connectivity index (χ1) is 29.9. The van der Waals surface area contributed by atoms with Crippen LogP contribution < -0.4 is 43.2 Å². The number of nitriles is 1. The maximum Gasteiger partial charge on any atom is 0.255 e. The molecule has 2 heterocycles. The summed E-state index contributed by atoms with van der Waals surface area (Å²) >= 11 is 0. The van der Waals surface area contributed by atoms with Gasteiger partial charge in [0, 0.05) is 42.4 Å². The molecule has 0 fully saturated rings. The highest BCUT2D eigenvalue weighted by Gasteiger charge is 2.36. The summed E-state index contributed by atoms with van der Waals surface area (Å²) in [6, 6.07) is 14.9. The predicted octanol–water partition coefficient (Wildman–Crippen LogP) is 2.48. The van der Waals surface area contributed by atoms with Crippen LogP contribution in [0.2, 0.25) is 0 Å². The maximum absolute atomic E-state index is 14.6. The summed E-state index contributed by atoms with van der Waals surface area (Å²) in [6.45, 7) is 11.3. The fraction of sp³-hybridized carbons (Fsp3) is 0.391. The maximum atomic E-state index is 14.6. The van der Waals surface area contributed by atoms with Crippen molar-refractivity contribution in [1.29, 1.82) is 5.26 Å². The monoisotopic (exact) mass is 859 g/mol. The third-order valence-electron chi connectivity index (χ3n) is 10.8. The van der Waals surface area contributed by atoms with Crippen molar-refractivity contribution in [3.05, 3.63) is 94.3 Å². The molecule has 4 atom stereocenters. The Labute approximate surface area is 367 Å². The van der Waals surface area contributed by atoms with E-state index in [1.54, 1.807) is 50.2 Å². The first-order valence-corrected chi connectivity index (χ1v) is 20.7. The van der Waals surface area contributed by atoms with Gasteiger partial charge in [-0.2, -0.15) is 5.26 Å². The van der Waals surface area contributed by atoms with Crippen molar-refractivity contribution in [2.45, 2.75) is 84.0 Å². The number of likely N-dealkylation sites (N-methyl/N-ethyl adjacent to an activating group) is 1. The second kappa shape index (κ2) is 20.3. The molecule has 4 bridgehead atoms. The zero-order valence-corrected chi connectivity index (χ0v) is 36.8. The van der Waals surface area contributed by atoms with Gasteiger partial charge in [-0.3, -0.25) is 24.0 Å². The molecule has 17 nitrogen and oxygen atoms in total. The Bertz CT molecular complexity index is 2380. The lowest BCUT2D eigenvalue weighted by molar-refractivity contribution is -0.141. The van der Waals surface area contributed by atoms with Crippen LogP contribution in [0.1, 0.15) is 78.6 Å². The molecular formula is C46H57N11O6. The van der Waals surface area contributed by atoms with Gasteiger partial charge < -0.3 is 48.1 Å². The van der Waals surface area contributed by atoms with Crippen LogP contribution in [0.3, 0.4) is 0 Å². The molecule has 10 N–H and O–H groups in total. The summed E-state index contributed by atoms with van der Waals surface area (Å²) < 4.78 is 6.03.